The number of methoxy groups -OCH3 is 1. The minimum atomic E-state index is 0.664. The van der Waals surface area contributed by atoms with Crippen LogP contribution in [0.15, 0.2) is 52.9 Å². The molecule has 3 heteroatoms. The maximum atomic E-state index is 5.24. The van der Waals surface area contributed by atoms with E-state index in [0.29, 0.717) is 5.92 Å². The van der Waals surface area contributed by atoms with Gasteiger partial charge in [0.1, 0.15) is 11.4 Å². The summed E-state index contributed by atoms with van der Waals surface area (Å²) in [6.45, 7) is 4.32. The Balaban J connectivity index is 1.67. The molecule has 0 amide bonds. The van der Waals surface area contributed by atoms with Crippen LogP contribution in [-0.2, 0) is 0 Å². The number of azo groups is 2. The normalized spacial score (nSPS) is 27.3. The van der Waals surface area contributed by atoms with Crippen LogP contribution in [0.5, 0.6) is 5.75 Å². The van der Waals surface area contributed by atoms with Crippen molar-refractivity contribution < 1.29 is 9.43 Å². The van der Waals surface area contributed by atoms with Gasteiger partial charge in [-0.3, -0.25) is 0 Å². The average molecular weight is 295 g/mol. The number of fused-ring (bicyclic) bond motifs is 2. The van der Waals surface area contributed by atoms with Crippen molar-refractivity contribution in [2.45, 2.75) is 38.5 Å². The summed E-state index contributed by atoms with van der Waals surface area (Å²) in [5.41, 5.74) is 4.88. The van der Waals surface area contributed by atoms with Crippen molar-refractivity contribution >= 4 is 5.69 Å². The van der Waals surface area contributed by atoms with E-state index in [4.69, 9.17) is 9.85 Å². The summed E-state index contributed by atoms with van der Waals surface area (Å²) in [5, 5.41) is 4.97. The molecular weight excluding hydrogens is 272 g/mol. The number of allylic oxidation sites excluding steroid dienone is 2. The van der Waals surface area contributed by atoms with Crippen LogP contribution in [0, 0.1) is 11.8 Å². The number of hydrogen-bond donors (Lipinski definition) is 0. The maximum absolute atomic E-state index is 5.24. The smallest absolute Gasteiger partial charge is 0.238 e. The van der Waals surface area contributed by atoms with Crippen molar-refractivity contribution in [3.05, 3.63) is 47.8 Å². The molecule has 0 unspecified atom stereocenters. The van der Waals surface area contributed by atoms with Gasteiger partial charge in [-0.15, -0.1) is 0 Å². The van der Waals surface area contributed by atoms with E-state index in [1.165, 1.54) is 43.4 Å². The quantitative estimate of drug-likeness (QED) is 0.690. The Morgan fingerprint density at radius 1 is 1.14 bits per heavy atom. The van der Waals surface area contributed by atoms with Gasteiger partial charge in [-0.1, -0.05) is 12.8 Å². The average Bonchev–Trinajstić information content (AvgIpc) is 2.92. The van der Waals surface area contributed by atoms with Crippen LogP contribution in [0.2, 0.25) is 0 Å². The second kappa shape index (κ2) is 5.38. The van der Waals surface area contributed by atoms with Crippen molar-refractivity contribution in [2.75, 3.05) is 7.11 Å². The minimum absolute atomic E-state index is 0.664. The van der Waals surface area contributed by atoms with E-state index in [1.807, 2.05) is 16.8 Å². The van der Waals surface area contributed by atoms with Gasteiger partial charge in [0, 0.05) is 23.2 Å². The van der Waals surface area contributed by atoms with Crippen LogP contribution >= 0.6 is 0 Å². The van der Waals surface area contributed by atoms with Gasteiger partial charge in [0.05, 0.1) is 12.7 Å². The largest absolute Gasteiger partial charge is 0.497 e. The Morgan fingerprint density at radius 2 is 1.91 bits per heavy atom. The highest BCUT2D eigenvalue weighted by molar-refractivity contribution is 5.41. The molecular formula is C19H23N2O+. The molecule has 114 valence electrons. The first kappa shape index (κ1) is 13.7. The molecule has 22 heavy (non-hydrogen) atoms. The second-order valence-corrected chi connectivity index (χ2v) is 6.61. The van der Waals surface area contributed by atoms with E-state index in [0.717, 1.165) is 29.5 Å². The minimum Gasteiger partial charge on any atom is -0.497 e. The molecule has 0 spiro atoms. The summed E-state index contributed by atoms with van der Waals surface area (Å²) < 4.78 is 7.27. The molecule has 0 saturated heterocycles. The lowest BCUT2D eigenvalue weighted by molar-refractivity contribution is -0.447. The third-order valence-electron chi connectivity index (χ3n) is 5.46. The summed E-state index contributed by atoms with van der Waals surface area (Å²) in [4.78, 5) is 0. The van der Waals surface area contributed by atoms with Gasteiger partial charge >= 0.3 is 0 Å². The van der Waals surface area contributed by atoms with Crippen molar-refractivity contribution in [3.8, 4) is 5.75 Å². The van der Waals surface area contributed by atoms with Crippen LogP contribution in [0.25, 0.3) is 0 Å². The maximum Gasteiger partial charge on any atom is 0.238 e. The lowest BCUT2D eigenvalue weighted by Gasteiger charge is -2.33. The molecule has 3 aliphatic rings. The molecule has 1 aromatic carbocycles. The first-order valence-electron chi connectivity index (χ1n) is 8.36. The molecule has 1 aromatic rings. The van der Waals surface area contributed by atoms with Gasteiger partial charge in [-0.25, -0.2) is 0 Å². The van der Waals surface area contributed by atoms with E-state index in [9.17, 15) is 0 Å². The van der Waals surface area contributed by atoms with Crippen LogP contribution in [0.3, 0.4) is 0 Å². The Bertz CT molecular complexity index is 669. The summed E-state index contributed by atoms with van der Waals surface area (Å²) in [6.07, 6.45) is 7.89. The molecule has 1 heterocycles. The monoisotopic (exact) mass is 295 g/mol. The molecule has 0 radical (unpaired) electrons. The summed E-state index contributed by atoms with van der Waals surface area (Å²) in [6, 6.07) is 8.09. The summed E-state index contributed by atoms with van der Waals surface area (Å²) in [7, 11) is 1.69. The van der Waals surface area contributed by atoms with Gasteiger partial charge in [0.25, 0.3) is 0 Å². The van der Waals surface area contributed by atoms with Crippen LogP contribution in [0.1, 0.15) is 38.5 Å². The molecule has 0 bridgehead atoms. The third kappa shape index (κ3) is 2.11. The fourth-order valence-corrected chi connectivity index (χ4v) is 4.25. The predicted molar refractivity (Wildman–Crippen MR) is 86.2 cm³/mol. The highest BCUT2D eigenvalue weighted by Crippen LogP contribution is 2.49. The van der Waals surface area contributed by atoms with Gasteiger partial charge in [0.15, 0.2) is 0 Å². The Hall–Kier alpha value is -1.90. The van der Waals surface area contributed by atoms with E-state index in [-0.39, 0.29) is 0 Å². The zero-order valence-corrected chi connectivity index (χ0v) is 13.2. The lowest BCUT2D eigenvalue weighted by Crippen LogP contribution is -2.24. The van der Waals surface area contributed by atoms with E-state index in [1.54, 1.807) is 7.11 Å². The number of benzene rings is 1. The summed E-state index contributed by atoms with van der Waals surface area (Å²) in [5.74, 6) is 2.39. The van der Waals surface area contributed by atoms with Gasteiger partial charge in [-0.2, -0.15) is 0 Å². The molecule has 1 aliphatic heterocycles. The van der Waals surface area contributed by atoms with Crippen molar-refractivity contribution in [2.24, 2.45) is 17.0 Å². The first-order chi connectivity index (χ1) is 10.8. The number of nitrogens with zero attached hydrogens (tertiary/aromatic N) is 2. The highest BCUT2D eigenvalue weighted by Gasteiger charge is 2.42. The first-order valence-corrected chi connectivity index (χ1v) is 8.36. The number of hydrogen-bond acceptors (Lipinski definition) is 2. The van der Waals surface area contributed by atoms with Gasteiger partial charge in [-0.05, 0) is 55.0 Å². The van der Waals surface area contributed by atoms with E-state index < -0.39 is 0 Å². The zero-order chi connectivity index (χ0) is 15.1. The predicted octanol–water partition coefficient (Wildman–Crippen LogP) is 5.17. The summed E-state index contributed by atoms with van der Waals surface area (Å²) >= 11 is 0. The van der Waals surface area contributed by atoms with Gasteiger partial charge < -0.3 is 4.74 Å². The van der Waals surface area contributed by atoms with Gasteiger partial charge in [0.2, 0.25) is 11.4 Å². The van der Waals surface area contributed by atoms with Crippen molar-refractivity contribution in [3.63, 3.8) is 0 Å². The molecule has 4 rings (SSSR count). The fourth-order valence-electron chi connectivity index (χ4n) is 4.25. The fraction of sp³-hybridized carbons (Fsp3) is 0.474. The SMILES string of the molecule is C=C1C2=C(N=[N+]1c1ccc(OC)cc1)[C@H]1CCCC[C@@H]1CC2. The Kier molecular flexibility index (Phi) is 3.36. The zero-order valence-electron chi connectivity index (χ0n) is 13.2. The standard InChI is InChI=1S/C19H23N2O/c1-13-17-12-7-14-5-3-4-6-18(14)19(17)20-21(13)15-8-10-16(22-2)11-9-15/h8-11,14,18H,1,3-7,12H2,2H3/q+1/t14-,18+/m1/s1. The number of rotatable bonds is 2. The van der Waals surface area contributed by atoms with E-state index in [2.05, 4.69) is 18.7 Å². The molecule has 0 N–H and O–H groups in total. The Morgan fingerprint density at radius 3 is 2.68 bits per heavy atom. The molecule has 1 fully saturated rings. The molecule has 2 aliphatic carbocycles. The van der Waals surface area contributed by atoms with E-state index >= 15 is 0 Å². The molecule has 3 nitrogen and oxygen atoms in total. The lowest BCUT2D eigenvalue weighted by atomic mass is 9.70. The van der Waals surface area contributed by atoms with Crippen molar-refractivity contribution in [1.82, 2.24) is 0 Å². The van der Waals surface area contributed by atoms with Crippen molar-refractivity contribution in [1.29, 1.82) is 0 Å². The number of ether oxygens (including phenoxy) is 1. The molecule has 1 saturated carbocycles. The topological polar surface area (TPSA) is 24.6 Å². The highest BCUT2D eigenvalue weighted by atomic mass is 16.5. The molecule has 0 aromatic heterocycles. The van der Waals surface area contributed by atoms with Crippen LogP contribution in [0.4, 0.5) is 5.69 Å². The molecule has 2 atom stereocenters. The third-order valence-corrected chi connectivity index (χ3v) is 5.46. The Labute approximate surface area is 132 Å². The van der Waals surface area contributed by atoms with Crippen LogP contribution < -0.4 is 4.74 Å². The van der Waals surface area contributed by atoms with Crippen LogP contribution in [-0.4, -0.2) is 11.8 Å². The second-order valence-electron chi connectivity index (χ2n) is 6.61.